The van der Waals surface area contributed by atoms with E-state index in [1.54, 1.807) is 0 Å². The highest BCUT2D eigenvalue weighted by atomic mass is 14.7. The van der Waals surface area contributed by atoms with Crippen LogP contribution >= 0.6 is 0 Å². The molecule has 0 unspecified atom stereocenters. The Morgan fingerprint density at radius 1 is 1.40 bits per heavy atom. The van der Waals surface area contributed by atoms with Crippen LogP contribution in [0.15, 0.2) is 11.6 Å². The molecule has 0 bridgehead atoms. The van der Waals surface area contributed by atoms with Crippen molar-refractivity contribution in [3.63, 3.8) is 0 Å². The maximum Gasteiger partial charge on any atom is 0.0360 e. The maximum absolute atomic E-state index is 6.08. The first-order valence-corrected chi connectivity index (χ1v) is 4.03. The zero-order valence-corrected chi connectivity index (χ0v) is 7.57. The summed E-state index contributed by atoms with van der Waals surface area (Å²) in [5, 5.41) is 0. The SMILES string of the molecule is C/C=C(\C)C(N)(CC)CC. The van der Waals surface area contributed by atoms with Crippen LogP contribution in [0.4, 0.5) is 0 Å². The molecule has 1 heteroatoms. The van der Waals surface area contributed by atoms with Crippen LogP contribution < -0.4 is 5.73 Å². The van der Waals surface area contributed by atoms with Gasteiger partial charge in [0.2, 0.25) is 0 Å². The molecule has 0 heterocycles. The summed E-state index contributed by atoms with van der Waals surface area (Å²) in [6, 6.07) is 0. The highest BCUT2D eigenvalue weighted by molar-refractivity contribution is 5.15. The van der Waals surface area contributed by atoms with E-state index in [0.717, 1.165) is 12.8 Å². The lowest BCUT2D eigenvalue weighted by molar-refractivity contribution is 0.464. The molecular weight excluding hydrogens is 122 g/mol. The predicted molar refractivity (Wildman–Crippen MR) is 46.9 cm³/mol. The van der Waals surface area contributed by atoms with Crippen molar-refractivity contribution in [3.05, 3.63) is 11.6 Å². The number of hydrogen-bond donors (Lipinski definition) is 1. The van der Waals surface area contributed by atoms with Crippen LogP contribution in [-0.4, -0.2) is 5.54 Å². The van der Waals surface area contributed by atoms with E-state index in [1.807, 2.05) is 6.92 Å². The fraction of sp³-hybridized carbons (Fsp3) is 0.778. The molecule has 0 aromatic heterocycles. The summed E-state index contributed by atoms with van der Waals surface area (Å²) < 4.78 is 0. The second kappa shape index (κ2) is 3.77. The topological polar surface area (TPSA) is 26.0 Å². The minimum Gasteiger partial charge on any atom is -0.322 e. The van der Waals surface area contributed by atoms with Crippen molar-refractivity contribution in [1.29, 1.82) is 0 Å². The van der Waals surface area contributed by atoms with E-state index in [9.17, 15) is 0 Å². The van der Waals surface area contributed by atoms with Crippen molar-refractivity contribution in [2.45, 2.75) is 46.1 Å². The van der Waals surface area contributed by atoms with Gasteiger partial charge in [-0.05, 0) is 26.7 Å². The molecule has 0 aliphatic carbocycles. The summed E-state index contributed by atoms with van der Waals surface area (Å²) in [4.78, 5) is 0. The van der Waals surface area contributed by atoms with Crippen molar-refractivity contribution >= 4 is 0 Å². The van der Waals surface area contributed by atoms with Crippen molar-refractivity contribution < 1.29 is 0 Å². The zero-order valence-electron chi connectivity index (χ0n) is 7.57. The smallest absolute Gasteiger partial charge is 0.0360 e. The lowest BCUT2D eigenvalue weighted by Crippen LogP contribution is -2.39. The Morgan fingerprint density at radius 2 is 1.80 bits per heavy atom. The third-order valence-electron chi connectivity index (χ3n) is 2.48. The molecule has 0 atom stereocenters. The molecule has 60 valence electrons. The summed E-state index contributed by atoms with van der Waals surface area (Å²) in [5.41, 5.74) is 7.34. The Hall–Kier alpha value is -0.300. The van der Waals surface area contributed by atoms with E-state index in [0.29, 0.717) is 0 Å². The Labute approximate surface area is 64.3 Å². The van der Waals surface area contributed by atoms with E-state index in [1.165, 1.54) is 5.57 Å². The second-order valence-electron chi connectivity index (χ2n) is 2.83. The molecule has 0 rings (SSSR count). The lowest BCUT2D eigenvalue weighted by atomic mass is 9.86. The van der Waals surface area contributed by atoms with Crippen LogP contribution in [-0.2, 0) is 0 Å². The number of hydrogen-bond acceptors (Lipinski definition) is 1. The van der Waals surface area contributed by atoms with Gasteiger partial charge in [0.15, 0.2) is 0 Å². The molecule has 0 amide bonds. The van der Waals surface area contributed by atoms with Gasteiger partial charge in [0.1, 0.15) is 0 Å². The summed E-state index contributed by atoms with van der Waals surface area (Å²) in [5.74, 6) is 0. The Bertz CT molecular complexity index is 121. The van der Waals surface area contributed by atoms with E-state index < -0.39 is 0 Å². The molecule has 10 heavy (non-hydrogen) atoms. The largest absolute Gasteiger partial charge is 0.322 e. The van der Waals surface area contributed by atoms with Gasteiger partial charge in [-0.25, -0.2) is 0 Å². The highest BCUT2D eigenvalue weighted by Crippen LogP contribution is 2.20. The molecule has 0 aliphatic rings. The molecule has 0 aromatic carbocycles. The average molecular weight is 141 g/mol. The van der Waals surface area contributed by atoms with Crippen LogP contribution in [0.1, 0.15) is 40.5 Å². The summed E-state index contributed by atoms with van der Waals surface area (Å²) in [6.07, 6.45) is 4.16. The lowest BCUT2D eigenvalue weighted by Gasteiger charge is -2.27. The molecule has 0 radical (unpaired) electrons. The molecule has 0 aromatic rings. The van der Waals surface area contributed by atoms with Crippen LogP contribution in [0.3, 0.4) is 0 Å². The van der Waals surface area contributed by atoms with Gasteiger partial charge in [-0.2, -0.15) is 0 Å². The normalized spacial score (nSPS) is 13.9. The fourth-order valence-corrected chi connectivity index (χ4v) is 1.10. The first-order valence-electron chi connectivity index (χ1n) is 4.03. The number of allylic oxidation sites excluding steroid dienone is 1. The van der Waals surface area contributed by atoms with E-state index in [-0.39, 0.29) is 5.54 Å². The fourth-order valence-electron chi connectivity index (χ4n) is 1.10. The second-order valence-corrected chi connectivity index (χ2v) is 2.83. The average Bonchev–Trinajstić information content (AvgIpc) is 2.01. The predicted octanol–water partition coefficient (Wildman–Crippen LogP) is 2.47. The minimum absolute atomic E-state index is 0.0469. The van der Waals surface area contributed by atoms with Crippen LogP contribution in [0.25, 0.3) is 0 Å². The van der Waals surface area contributed by atoms with Gasteiger partial charge in [0.05, 0.1) is 0 Å². The zero-order chi connectivity index (χ0) is 8.20. The quantitative estimate of drug-likeness (QED) is 0.600. The summed E-state index contributed by atoms with van der Waals surface area (Å²) >= 11 is 0. The number of nitrogens with two attached hydrogens (primary N) is 1. The van der Waals surface area contributed by atoms with Gasteiger partial charge >= 0.3 is 0 Å². The third kappa shape index (κ3) is 1.84. The van der Waals surface area contributed by atoms with E-state index in [4.69, 9.17) is 5.73 Å². The van der Waals surface area contributed by atoms with E-state index in [2.05, 4.69) is 26.8 Å². The molecule has 0 saturated heterocycles. The van der Waals surface area contributed by atoms with Crippen LogP contribution in [0.5, 0.6) is 0 Å². The summed E-state index contributed by atoms with van der Waals surface area (Å²) in [6.45, 7) is 8.42. The van der Waals surface area contributed by atoms with Crippen molar-refractivity contribution in [3.8, 4) is 0 Å². The Balaban J connectivity index is 4.32. The summed E-state index contributed by atoms with van der Waals surface area (Å²) in [7, 11) is 0. The van der Waals surface area contributed by atoms with Crippen LogP contribution in [0, 0.1) is 0 Å². The Morgan fingerprint density at radius 3 is 1.90 bits per heavy atom. The van der Waals surface area contributed by atoms with E-state index >= 15 is 0 Å². The van der Waals surface area contributed by atoms with Crippen LogP contribution in [0.2, 0.25) is 0 Å². The van der Waals surface area contributed by atoms with Gasteiger partial charge in [-0.15, -0.1) is 0 Å². The molecule has 0 aliphatic heterocycles. The van der Waals surface area contributed by atoms with Gasteiger partial charge < -0.3 is 5.73 Å². The molecule has 0 fully saturated rings. The Kier molecular flexibility index (Phi) is 3.66. The first kappa shape index (κ1) is 9.70. The van der Waals surface area contributed by atoms with Gasteiger partial charge in [0, 0.05) is 5.54 Å². The standard InChI is InChI=1S/C9H19N/c1-5-8(4)9(10,6-2)7-3/h5H,6-7,10H2,1-4H3/b8-5+. The van der Waals surface area contributed by atoms with Crippen molar-refractivity contribution in [2.24, 2.45) is 5.73 Å². The molecule has 0 saturated carbocycles. The van der Waals surface area contributed by atoms with Gasteiger partial charge in [-0.3, -0.25) is 0 Å². The van der Waals surface area contributed by atoms with Gasteiger partial charge in [0.25, 0.3) is 0 Å². The monoisotopic (exact) mass is 141 g/mol. The van der Waals surface area contributed by atoms with Crippen molar-refractivity contribution in [2.75, 3.05) is 0 Å². The van der Waals surface area contributed by atoms with Gasteiger partial charge in [-0.1, -0.05) is 25.5 Å². The maximum atomic E-state index is 6.08. The first-order chi connectivity index (χ1) is 4.60. The molecule has 1 nitrogen and oxygen atoms in total. The number of rotatable bonds is 3. The van der Waals surface area contributed by atoms with Crippen molar-refractivity contribution in [1.82, 2.24) is 0 Å². The molecule has 0 spiro atoms. The molecular formula is C9H19N. The highest BCUT2D eigenvalue weighted by Gasteiger charge is 2.20. The molecule has 2 N–H and O–H groups in total. The third-order valence-corrected chi connectivity index (χ3v) is 2.48. The minimum atomic E-state index is -0.0469.